The highest BCUT2D eigenvalue weighted by molar-refractivity contribution is 6.30. The Morgan fingerprint density at radius 1 is 1.48 bits per heavy atom. The Morgan fingerprint density at radius 2 is 2.17 bits per heavy atom. The van der Waals surface area contributed by atoms with Crippen LogP contribution >= 0.6 is 11.6 Å². The zero-order valence-corrected chi connectivity index (χ0v) is 14.3. The Morgan fingerprint density at radius 3 is 2.78 bits per heavy atom. The average molecular weight is 340 g/mol. The fraction of sp³-hybridized carbons (Fsp3) is 0.500. The maximum atomic E-state index is 11.9. The molecule has 1 aliphatic rings. The van der Waals surface area contributed by atoms with E-state index in [-0.39, 0.29) is 24.2 Å². The predicted octanol–water partition coefficient (Wildman–Crippen LogP) is 2.08. The molecule has 126 valence electrons. The first-order chi connectivity index (χ1) is 10.7. The molecule has 6 nitrogen and oxygen atoms in total. The second kappa shape index (κ2) is 6.86. The minimum atomic E-state index is -0.847. The molecule has 3 N–H and O–H groups in total. The quantitative estimate of drug-likeness (QED) is 0.883. The summed E-state index contributed by atoms with van der Waals surface area (Å²) in [5, 5.41) is 2.75. The number of hydrogen-bond donors (Lipinski definition) is 2. The van der Waals surface area contributed by atoms with Crippen molar-refractivity contribution in [2.45, 2.75) is 38.5 Å². The van der Waals surface area contributed by atoms with Crippen LogP contribution in [-0.4, -0.2) is 41.6 Å². The van der Waals surface area contributed by atoms with E-state index in [0.29, 0.717) is 11.6 Å². The Kier molecular flexibility index (Phi) is 5.29. The fourth-order valence-electron chi connectivity index (χ4n) is 2.98. The lowest BCUT2D eigenvalue weighted by Crippen LogP contribution is -2.60. The normalized spacial score (nSPS) is 24.2. The van der Waals surface area contributed by atoms with Gasteiger partial charge in [-0.15, -0.1) is 0 Å². The van der Waals surface area contributed by atoms with Crippen LogP contribution in [0.4, 0.5) is 4.79 Å². The van der Waals surface area contributed by atoms with Crippen LogP contribution in [0.5, 0.6) is 0 Å². The lowest BCUT2D eigenvalue weighted by molar-refractivity contribution is -0.146. The Balaban J connectivity index is 2.21. The van der Waals surface area contributed by atoms with Crippen molar-refractivity contribution >= 4 is 23.5 Å². The second-order valence-electron chi connectivity index (χ2n) is 6.38. The van der Waals surface area contributed by atoms with Crippen molar-refractivity contribution in [3.8, 4) is 0 Å². The van der Waals surface area contributed by atoms with Crippen LogP contribution in [0.1, 0.15) is 32.4 Å². The van der Waals surface area contributed by atoms with Crippen molar-refractivity contribution in [2.75, 3.05) is 13.2 Å². The smallest absolute Gasteiger partial charge is 0.318 e. The molecule has 2 rings (SSSR count). The van der Waals surface area contributed by atoms with Gasteiger partial charge in [-0.25, -0.2) is 4.79 Å². The standard InChI is InChI=1S/C16H22ClN3O3/c1-10-14(11-5-4-6-12(17)7-11)23-9-16(2,3)20(10)8-13(21)19-15(18)22/h4-7,10,14H,8-9H2,1-3H3,(H3,18,19,21,22). The molecule has 0 bridgehead atoms. The van der Waals surface area contributed by atoms with Crippen molar-refractivity contribution < 1.29 is 14.3 Å². The van der Waals surface area contributed by atoms with Gasteiger partial charge in [-0.3, -0.25) is 15.0 Å². The van der Waals surface area contributed by atoms with E-state index in [0.717, 1.165) is 5.56 Å². The number of morpholine rings is 1. The molecule has 7 heteroatoms. The average Bonchev–Trinajstić information content (AvgIpc) is 2.42. The van der Waals surface area contributed by atoms with E-state index in [2.05, 4.69) is 5.32 Å². The van der Waals surface area contributed by atoms with E-state index in [9.17, 15) is 9.59 Å². The topological polar surface area (TPSA) is 84.7 Å². The third kappa shape index (κ3) is 4.22. The molecule has 3 amide bonds. The summed E-state index contributed by atoms with van der Waals surface area (Å²) < 4.78 is 6.02. The van der Waals surface area contributed by atoms with Crippen LogP contribution in [0.25, 0.3) is 0 Å². The Bertz CT molecular complexity index is 606. The SMILES string of the molecule is CC1C(c2cccc(Cl)c2)OCC(C)(C)N1CC(=O)NC(N)=O. The highest BCUT2D eigenvalue weighted by Crippen LogP contribution is 2.35. The Hall–Kier alpha value is -1.63. The summed E-state index contributed by atoms with van der Waals surface area (Å²) in [6.07, 6.45) is -0.205. The number of primary amides is 1. The first-order valence-corrected chi connectivity index (χ1v) is 7.81. The zero-order chi connectivity index (χ0) is 17.2. The van der Waals surface area contributed by atoms with Crippen LogP contribution in [0, 0.1) is 0 Å². The van der Waals surface area contributed by atoms with Gasteiger partial charge in [0, 0.05) is 16.6 Å². The van der Waals surface area contributed by atoms with Crippen molar-refractivity contribution in [3.63, 3.8) is 0 Å². The Labute approximate surface area is 140 Å². The van der Waals surface area contributed by atoms with Crippen LogP contribution in [0.3, 0.4) is 0 Å². The van der Waals surface area contributed by atoms with Crippen LogP contribution in [-0.2, 0) is 9.53 Å². The lowest BCUT2D eigenvalue weighted by Gasteiger charge is -2.49. The predicted molar refractivity (Wildman–Crippen MR) is 88.1 cm³/mol. The molecule has 0 radical (unpaired) electrons. The van der Waals surface area contributed by atoms with Crippen molar-refractivity contribution in [1.29, 1.82) is 0 Å². The van der Waals surface area contributed by atoms with Crippen LogP contribution in [0.2, 0.25) is 5.02 Å². The summed E-state index contributed by atoms with van der Waals surface area (Å²) >= 11 is 6.06. The molecule has 0 spiro atoms. The number of imide groups is 1. The largest absolute Gasteiger partial charge is 0.370 e. The zero-order valence-electron chi connectivity index (χ0n) is 13.5. The lowest BCUT2D eigenvalue weighted by atomic mass is 9.92. The molecule has 23 heavy (non-hydrogen) atoms. The number of urea groups is 1. The van der Waals surface area contributed by atoms with Gasteiger partial charge in [0.05, 0.1) is 19.3 Å². The first kappa shape index (κ1) is 17.7. The van der Waals surface area contributed by atoms with Gasteiger partial charge in [0.2, 0.25) is 5.91 Å². The van der Waals surface area contributed by atoms with Gasteiger partial charge in [0.1, 0.15) is 0 Å². The molecule has 2 unspecified atom stereocenters. The van der Waals surface area contributed by atoms with E-state index >= 15 is 0 Å². The van der Waals surface area contributed by atoms with E-state index in [1.54, 1.807) is 6.07 Å². The van der Waals surface area contributed by atoms with Gasteiger partial charge < -0.3 is 10.5 Å². The molecule has 1 saturated heterocycles. The number of carbonyl (C=O) groups excluding carboxylic acids is 2. The molecule has 1 aromatic rings. The van der Waals surface area contributed by atoms with Gasteiger partial charge in [0.25, 0.3) is 0 Å². The molecular weight excluding hydrogens is 318 g/mol. The molecule has 2 atom stereocenters. The number of benzene rings is 1. The monoisotopic (exact) mass is 339 g/mol. The summed E-state index contributed by atoms with van der Waals surface area (Å²) in [6.45, 7) is 6.50. The summed E-state index contributed by atoms with van der Waals surface area (Å²) in [6, 6.07) is 6.57. The summed E-state index contributed by atoms with van der Waals surface area (Å²) in [4.78, 5) is 24.8. The van der Waals surface area contributed by atoms with Crippen molar-refractivity contribution in [1.82, 2.24) is 10.2 Å². The third-order valence-corrected chi connectivity index (χ3v) is 4.31. The third-order valence-electron chi connectivity index (χ3n) is 4.08. The number of amides is 3. The fourth-order valence-corrected chi connectivity index (χ4v) is 3.18. The van der Waals surface area contributed by atoms with Gasteiger partial charge in [-0.1, -0.05) is 23.7 Å². The van der Waals surface area contributed by atoms with Crippen molar-refractivity contribution in [3.05, 3.63) is 34.9 Å². The minimum absolute atomic E-state index is 0.0670. The van der Waals surface area contributed by atoms with Gasteiger partial charge >= 0.3 is 6.03 Å². The summed E-state index contributed by atoms with van der Waals surface area (Å²) in [5.74, 6) is -0.427. The second-order valence-corrected chi connectivity index (χ2v) is 6.82. The molecule has 0 aromatic heterocycles. The maximum Gasteiger partial charge on any atom is 0.318 e. The molecule has 1 fully saturated rings. The molecule has 1 aromatic carbocycles. The maximum absolute atomic E-state index is 11.9. The van der Waals surface area contributed by atoms with E-state index < -0.39 is 11.9 Å². The number of nitrogens with zero attached hydrogens (tertiary/aromatic N) is 1. The van der Waals surface area contributed by atoms with E-state index in [1.165, 1.54) is 0 Å². The van der Waals surface area contributed by atoms with E-state index in [1.807, 2.05) is 43.9 Å². The summed E-state index contributed by atoms with van der Waals surface area (Å²) in [5.41, 5.74) is 5.62. The number of nitrogens with one attached hydrogen (secondary N) is 1. The molecule has 0 saturated carbocycles. The van der Waals surface area contributed by atoms with E-state index in [4.69, 9.17) is 22.1 Å². The number of hydrogen-bond acceptors (Lipinski definition) is 4. The highest BCUT2D eigenvalue weighted by Gasteiger charge is 2.41. The van der Waals surface area contributed by atoms with Gasteiger partial charge in [-0.05, 0) is 38.5 Å². The summed E-state index contributed by atoms with van der Waals surface area (Å²) in [7, 11) is 0. The van der Waals surface area contributed by atoms with Crippen LogP contribution in [0.15, 0.2) is 24.3 Å². The number of ether oxygens (including phenoxy) is 1. The number of carbonyl (C=O) groups is 2. The number of nitrogens with two attached hydrogens (primary N) is 1. The molecule has 1 aliphatic heterocycles. The highest BCUT2D eigenvalue weighted by atomic mass is 35.5. The van der Waals surface area contributed by atoms with Crippen molar-refractivity contribution in [2.24, 2.45) is 5.73 Å². The molecule has 0 aliphatic carbocycles. The van der Waals surface area contributed by atoms with Gasteiger partial charge in [0.15, 0.2) is 0 Å². The van der Waals surface area contributed by atoms with Crippen LogP contribution < -0.4 is 11.1 Å². The molecule has 1 heterocycles. The minimum Gasteiger partial charge on any atom is -0.370 e. The van der Waals surface area contributed by atoms with Gasteiger partial charge in [-0.2, -0.15) is 0 Å². The first-order valence-electron chi connectivity index (χ1n) is 7.44. The number of rotatable bonds is 3. The molecular formula is C16H22ClN3O3. The number of halogens is 1.